The first-order valence-electron chi connectivity index (χ1n) is 6.45. The molecule has 5 heteroatoms. The Hall–Kier alpha value is -0.130. The van der Waals surface area contributed by atoms with E-state index >= 15 is 0 Å². The highest BCUT2D eigenvalue weighted by Gasteiger charge is 2.28. The maximum atomic E-state index is 11.6. The highest BCUT2D eigenvalue weighted by atomic mass is 32.2. The summed E-state index contributed by atoms with van der Waals surface area (Å²) in [6.45, 7) is 6.27. The van der Waals surface area contributed by atoms with Crippen LogP contribution in [0.25, 0.3) is 0 Å². The predicted octanol–water partition coefficient (Wildman–Crippen LogP) is 1.21. The number of ether oxygens (including phenoxy) is 1. The molecular weight excluding hydrogens is 238 g/mol. The molecule has 1 rings (SSSR count). The van der Waals surface area contributed by atoms with Crippen LogP contribution in [0, 0.1) is 5.92 Å². The minimum Gasteiger partial charge on any atom is -0.381 e. The third-order valence-electron chi connectivity index (χ3n) is 3.64. The molecule has 0 aromatic heterocycles. The van der Waals surface area contributed by atoms with Crippen molar-refractivity contribution in [2.45, 2.75) is 44.4 Å². The highest BCUT2D eigenvalue weighted by Crippen LogP contribution is 2.22. The van der Waals surface area contributed by atoms with Crippen LogP contribution >= 0.6 is 0 Å². The van der Waals surface area contributed by atoms with Crippen LogP contribution in [0.3, 0.4) is 0 Å². The van der Waals surface area contributed by atoms with Gasteiger partial charge in [-0.2, -0.15) is 0 Å². The maximum Gasteiger partial charge on any atom is 0.151 e. The summed E-state index contributed by atoms with van der Waals surface area (Å²) in [6.07, 6.45) is 4.37. The number of rotatable bonds is 6. The SMILES string of the molecule is CCNC(CC1CCOCC1)C(C)S(C)(=O)=O. The Morgan fingerprint density at radius 1 is 1.35 bits per heavy atom. The molecule has 0 aromatic rings. The van der Waals surface area contributed by atoms with E-state index in [1.807, 2.05) is 13.8 Å². The quantitative estimate of drug-likeness (QED) is 0.783. The van der Waals surface area contributed by atoms with Crippen LogP contribution in [-0.4, -0.2) is 45.7 Å². The molecule has 4 nitrogen and oxygen atoms in total. The zero-order chi connectivity index (χ0) is 12.9. The van der Waals surface area contributed by atoms with Crippen molar-refractivity contribution in [3.63, 3.8) is 0 Å². The summed E-state index contributed by atoms with van der Waals surface area (Å²) in [7, 11) is -2.97. The minimum absolute atomic E-state index is 0.0677. The molecule has 102 valence electrons. The molecule has 0 aliphatic carbocycles. The second-order valence-electron chi connectivity index (χ2n) is 4.99. The maximum absolute atomic E-state index is 11.6. The first-order valence-corrected chi connectivity index (χ1v) is 8.40. The Kier molecular flexibility index (Phi) is 5.89. The van der Waals surface area contributed by atoms with E-state index in [4.69, 9.17) is 4.74 Å². The van der Waals surface area contributed by atoms with Crippen molar-refractivity contribution in [1.29, 1.82) is 0 Å². The van der Waals surface area contributed by atoms with Crippen LogP contribution in [-0.2, 0) is 14.6 Å². The smallest absolute Gasteiger partial charge is 0.151 e. The van der Waals surface area contributed by atoms with Gasteiger partial charge in [0.1, 0.15) is 0 Å². The molecule has 1 N–H and O–H groups in total. The molecule has 2 unspecified atom stereocenters. The van der Waals surface area contributed by atoms with Crippen LogP contribution in [0.4, 0.5) is 0 Å². The lowest BCUT2D eigenvalue weighted by Gasteiger charge is -2.30. The fraction of sp³-hybridized carbons (Fsp3) is 1.00. The Bertz CT molecular complexity index is 310. The van der Waals surface area contributed by atoms with E-state index in [0.29, 0.717) is 5.92 Å². The molecule has 1 saturated heterocycles. The molecule has 0 radical (unpaired) electrons. The van der Waals surface area contributed by atoms with Gasteiger partial charge in [-0.25, -0.2) is 8.42 Å². The molecular formula is C12H25NO3S. The van der Waals surface area contributed by atoms with Crippen molar-refractivity contribution in [3.8, 4) is 0 Å². The van der Waals surface area contributed by atoms with Crippen molar-refractivity contribution in [1.82, 2.24) is 5.32 Å². The first-order chi connectivity index (χ1) is 7.95. The zero-order valence-corrected chi connectivity index (χ0v) is 11.9. The number of hydrogen-bond donors (Lipinski definition) is 1. The van der Waals surface area contributed by atoms with Gasteiger partial charge in [0.25, 0.3) is 0 Å². The summed E-state index contributed by atoms with van der Waals surface area (Å²) >= 11 is 0. The monoisotopic (exact) mass is 263 g/mol. The van der Waals surface area contributed by atoms with Gasteiger partial charge in [-0.15, -0.1) is 0 Å². The minimum atomic E-state index is -2.97. The van der Waals surface area contributed by atoms with Gasteiger partial charge in [0.2, 0.25) is 0 Å². The van der Waals surface area contributed by atoms with Gasteiger partial charge in [-0.1, -0.05) is 6.92 Å². The molecule has 1 aliphatic heterocycles. The van der Waals surface area contributed by atoms with Crippen LogP contribution in [0.15, 0.2) is 0 Å². The normalized spacial score (nSPS) is 22.3. The van der Waals surface area contributed by atoms with Gasteiger partial charge in [-0.3, -0.25) is 0 Å². The van der Waals surface area contributed by atoms with E-state index in [1.165, 1.54) is 6.26 Å². The third-order valence-corrected chi connectivity index (χ3v) is 5.32. The molecule has 0 spiro atoms. The third kappa shape index (κ3) is 4.94. The molecule has 1 aliphatic rings. The summed E-state index contributed by atoms with van der Waals surface area (Å²) in [4.78, 5) is 0. The lowest BCUT2D eigenvalue weighted by Crippen LogP contribution is -2.44. The Labute approximate surface area is 105 Å². The Morgan fingerprint density at radius 3 is 2.41 bits per heavy atom. The highest BCUT2D eigenvalue weighted by molar-refractivity contribution is 7.91. The summed E-state index contributed by atoms with van der Waals surface area (Å²) < 4.78 is 28.6. The molecule has 17 heavy (non-hydrogen) atoms. The fourth-order valence-corrected chi connectivity index (χ4v) is 3.15. The van der Waals surface area contributed by atoms with Crippen LogP contribution in [0.2, 0.25) is 0 Å². The van der Waals surface area contributed by atoms with Gasteiger partial charge >= 0.3 is 0 Å². The average molecular weight is 263 g/mol. The Balaban J connectivity index is 2.58. The fourth-order valence-electron chi connectivity index (χ4n) is 2.34. The summed E-state index contributed by atoms with van der Waals surface area (Å²) in [5.41, 5.74) is 0. The van der Waals surface area contributed by atoms with Gasteiger partial charge in [0.05, 0.1) is 5.25 Å². The standard InChI is InChI=1S/C12H25NO3S/c1-4-13-12(10(2)17(3,14)15)9-11-5-7-16-8-6-11/h10-13H,4-9H2,1-3H3. The van der Waals surface area contributed by atoms with Gasteiger partial charge in [0.15, 0.2) is 9.84 Å². The number of sulfone groups is 1. The molecule has 0 aromatic carbocycles. The van der Waals surface area contributed by atoms with Gasteiger partial charge in [-0.05, 0) is 38.6 Å². The second-order valence-corrected chi connectivity index (χ2v) is 7.39. The predicted molar refractivity (Wildman–Crippen MR) is 69.9 cm³/mol. The van der Waals surface area contributed by atoms with Crippen LogP contribution in [0.5, 0.6) is 0 Å². The van der Waals surface area contributed by atoms with E-state index in [-0.39, 0.29) is 11.3 Å². The first kappa shape index (κ1) is 14.9. The summed E-state index contributed by atoms with van der Waals surface area (Å²) in [5, 5.41) is 3.00. The van der Waals surface area contributed by atoms with E-state index in [9.17, 15) is 8.42 Å². The molecule has 1 heterocycles. The summed E-state index contributed by atoms with van der Waals surface area (Å²) in [6, 6.07) is 0.0677. The molecule has 0 amide bonds. The number of hydrogen-bond acceptors (Lipinski definition) is 4. The second kappa shape index (κ2) is 6.71. The summed E-state index contributed by atoms with van der Waals surface area (Å²) in [5.74, 6) is 0.594. The van der Waals surface area contributed by atoms with Crippen LogP contribution in [0.1, 0.15) is 33.1 Å². The largest absolute Gasteiger partial charge is 0.381 e. The molecule has 0 saturated carbocycles. The topological polar surface area (TPSA) is 55.4 Å². The van der Waals surface area contributed by atoms with Crippen molar-refractivity contribution in [2.24, 2.45) is 5.92 Å². The lowest BCUT2D eigenvalue weighted by molar-refractivity contribution is 0.0606. The lowest BCUT2D eigenvalue weighted by atomic mass is 9.91. The van der Waals surface area contributed by atoms with Crippen molar-refractivity contribution < 1.29 is 13.2 Å². The Morgan fingerprint density at radius 2 is 1.94 bits per heavy atom. The number of nitrogens with one attached hydrogen (secondary N) is 1. The molecule has 2 atom stereocenters. The average Bonchev–Trinajstić information content (AvgIpc) is 2.28. The van der Waals surface area contributed by atoms with E-state index in [0.717, 1.165) is 39.0 Å². The molecule has 0 bridgehead atoms. The van der Waals surface area contributed by atoms with Crippen molar-refractivity contribution in [3.05, 3.63) is 0 Å². The van der Waals surface area contributed by atoms with Crippen LogP contribution < -0.4 is 5.32 Å². The van der Waals surface area contributed by atoms with E-state index in [1.54, 1.807) is 0 Å². The molecule has 1 fully saturated rings. The van der Waals surface area contributed by atoms with Crippen molar-refractivity contribution >= 4 is 9.84 Å². The van der Waals surface area contributed by atoms with Gasteiger partial charge in [0, 0.05) is 25.5 Å². The van der Waals surface area contributed by atoms with Gasteiger partial charge < -0.3 is 10.1 Å². The zero-order valence-electron chi connectivity index (χ0n) is 11.1. The van der Waals surface area contributed by atoms with Crippen molar-refractivity contribution in [2.75, 3.05) is 26.0 Å². The van der Waals surface area contributed by atoms with E-state index in [2.05, 4.69) is 5.32 Å². The van der Waals surface area contributed by atoms with E-state index < -0.39 is 9.84 Å².